The lowest BCUT2D eigenvalue weighted by molar-refractivity contribution is 0.0693. The van der Waals surface area contributed by atoms with Gasteiger partial charge in [0.1, 0.15) is 23.2 Å². The number of nitrogens with zero attached hydrogens (tertiary/aromatic N) is 3. The largest absolute Gasteiger partial charge is 0.496 e. The molecule has 0 amide bonds. The van der Waals surface area contributed by atoms with Gasteiger partial charge in [0.15, 0.2) is 5.65 Å². The van der Waals surface area contributed by atoms with E-state index in [1.807, 2.05) is 12.1 Å². The second-order valence-electron chi connectivity index (χ2n) is 4.15. The van der Waals surface area contributed by atoms with Crippen molar-refractivity contribution >= 4 is 17.1 Å². The Bertz CT molecular complexity index is 795. The molecule has 100 valence electrons. The molecule has 0 bridgehead atoms. The van der Waals surface area contributed by atoms with Crippen molar-refractivity contribution in [3.8, 4) is 11.4 Å². The average molecular weight is 269 g/mol. The molecule has 3 rings (SSSR count). The van der Waals surface area contributed by atoms with Gasteiger partial charge >= 0.3 is 5.97 Å². The lowest BCUT2D eigenvalue weighted by Gasteiger charge is -2.08. The van der Waals surface area contributed by atoms with E-state index in [1.165, 1.54) is 13.2 Å². The Morgan fingerprint density at radius 2 is 2.15 bits per heavy atom. The van der Waals surface area contributed by atoms with Crippen LogP contribution in [0.4, 0.5) is 0 Å². The number of aromatic nitrogens is 3. The van der Waals surface area contributed by atoms with Crippen molar-refractivity contribution in [2.75, 3.05) is 7.11 Å². The van der Waals surface area contributed by atoms with Crippen LogP contribution < -0.4 is 4.74 Å². The number of methoxy groups -OCH3 is 1. The topological polar surface area (TPSA) is 77.2 Å². The summed E-state index contributed by atoms with van der Waals surface area (Å²) >= 11 is 0. The van der Waals surface area contributed by atoms with Gasteiger partial charge in [-0.2, -0.15) is 0 Å². The number of rotatable bonds is 3. The van der Waals surface area contributed by atoms with Crippen LogP contribution >= 0.6 is 0 Å². The maximum Gasteiger partial charge on any atom is 0.339 e. The van der Waals surface area contributed by atoms with Crippen LogP contribution in [0.25, 0.3) is 16.9 Å². The molecule has 0 spiro atoms. The summed E-state index contributed by atoms with van der Waals surface area (Å²) in [5, 5.41) is 9.08. The first-order chi connectivity index (χ1) is 9.70. The molecule has 0 aliphatic rings. The molecule has 0 saturated carbocycles. The summed E-state index contributed by atoms with van der Waals surface area (Å²) in [4.78, 5) is 19.6. The van der Waals surface area contributed by atoms with Gasteiger partial charge in [0.05, 0.1) is 12.8 Å². The number of imidazole rings is 1. The van der Waals surface area contributed by atoms with Crippen molar-refractivity contribution in [1.82, 2.24) is 14.5 Å². The number of ether oxygens (including phenoxy) is 1. The van der Waals surface area contributed by atoms with Gasteiger partial charge in [-0.3, -0.25) is 4.57 Å². The van der Waals surface area contributed by atoms with Crippen LogP contribution in [0.2, 0.25) is 0 Å². The smallest absolute Gasteiger partial charge is 0.339 e. The van der Waals surface area contributed by atoms with Gasteiger partial charge in [0, 0.05) is 12.3 Å². The Balaban J connectivity index is 2.17. The first kappa shape index (κ1) is 12.2. The number of carboxylic acids is 1. The fourth-order valence-corrected chi connectivity index (χ4v) is 2.04. The van der Waals surface area contributed by atoms with Gasteiger partial charge in [-0.05, 0) is 24.3 Å². The van der Waals surface area contributed by atoms with E-state index in [0.717, 1.165) is 11.2 Å². The highest BCUT2D eigenvalue weighted by atomic mass is 16.5. The van der Waals surface area contributed by atoms with Crippen LogP contribution in [0.3, 0.4) is 0 Å². The average Bonchev–Trinajstić information content (AvgIpc) is 2.90. The molecule has 6 nitrogen and oxygen atoms in total. The van der Waals surface area contributed by atoms with E-state index in [1.54, 1.807) is 29.2 Å². The summed E-state index contributed by atoms with van der Waals surface area (Å²) in [5.74, 6) is -0.727. The summed E-state index contributed by atoms with van der Waals surface area (Å²) < 4.78 is 6.90. The Kier molecular flexibility index (Phi) is 2.83. The highest BCUT2D eigenvalue weighted by Crippen LogP contribution is 2.24. The summed E-state index contributed by atoms with van der Waals surface area (Å²) in [6, 6.07) is 8.53. The van der Waals surface area contributed by atoms with Crippen molar-refractivity contribution in [2.24, 2.45) is 0 Å². The number of carbonyl (C=O) groups is 1. The maximum absolute atomic E-state index is 11.1. The quantitative estimate of drug-likeness (QED) is 0.788. The molecule has 0 radical (unpaired) electrons. The van der Waals surface area contributed by atoms with Gasteiger partial charge in [-0.1, -0.05) is 0 Å². The van der Waals surface area contributed by atoms with Gasteiger partial charge < -0.3 is 9.84 Å². The Morgan fingerprint density at radius 3 is 2.90 bits per heavy atom. The number of hydrogen-bond acceptors (Lipinski definition) is 4. The van der Waals surface area contributed by atoms with Crippen molar-refractivity contribution in [3.05, 3.63) is 48.4 Å². The van der Waals surface area contributed by atoms with Crippen LogP contribution in [0.1, 0.15) is 10.4 Å². The molecule has 20 heavy (non-hydrogen) atoms. The number of carboxylic acid groups (broad SMARTS) is 1. The molecule has 3 aromatic rings. The molecular formula is C14H11N3O3. The molecule has 1 aromatic carbocycles. The second kappa shape index (κ2) is 4.65. The molecule has 0 saturated heterocycles. The molecule has 6 heteroatoms. The number of benzene rings is 1. The van der Waals surface area contributed by atoms with Crippen molar-refractivity contribution in [3.63, 3.8) is 0 Å². The van der Waals surface area contributed by atoms with Crippen molar-refractivity contribution < 1.29 is 14.6 Å². The van der Waals surface area contributed by atoms with E-state index in [2.05, 4.69) is 9.97 Å². The van der Waals surface area contributed by atoms with Crippen molar-refractivity contribution in [2.45, 2.75) is 0 Å². The lowest BCUT2D eigenvalue weighted by atomic mass is 10.2. The third-order valence-corrected chi connectivity index (χ3v) is 3.00. The molecule has 0 aliphatic heterocycles. The fourth-order valence-electron chi connectivity index (χ4n) is 2.04. The Hall–Kier alpha value is -2.89. The normalized spacial score (nSPS) is 10.7. The highest BCUT2D eigenvalue weighted by Gasteiger charge is 2.13. The minimum atomic E-state index is -1.03. The first-order valence-corrected chi connectivity index (χ1v) is 5.90. The maximum atomic E-state index is 11.1. The van der Waals surface area contributed by atoms with Crippen LogP contribution in [0, 0.1) is 0 Å². The van der Waals surface area contributed by atoms with Crippen LogP contribution in [-0.4, -0.2) is 32.7 Å². The minimum absolute atomic E-state index is 0.119. The van der Waals surface area contributed by atoms with Crippen LogP contribution in [0.5, 0.6) is 5.75 Å². The molecule has 0 atom stereocenters. The molecule has 2 heterocycles. The minimum Gasteiger partial charge on any atom is -0.496 e. The van der Waals surface area contributed by atoms with Gasteiger partial charge in [-0.25, -0.2) is 14.8 Å². The monoisotopic (exact) mass is 269 g/mol. The summed E-state index contributed by atoms with van der Waals surface area (Å²) in [6.07, 6.45) is 3.33. The Morgan fingerprint density at radius 1 is 1.30 bits per heavy atom. The third-order valence-electron chi connectivity index (χ3n) is 3.00. The first-order valence-electron chi connectivity index (χ1n) is 5.90. The van der Waals surface area contributed by atoms with E-state index in [4.69, 9.17) is 9.84 Å². The standard InChI is InChI=1S/C14H11N3O3/c1-20-12-7-9(4-5-10(12)14(18)19)17-8-16-11-3-2-6-15-13(11)17/h2-8H,1H3,(H,18,19). The van der Waals surface area contributed by atoms with E-state index >= 15 is 0 Å². The van der Waals surface area contributed by atoms with Crippen LogP contribution in [-0.2, 0) is 0 Å². The number of aromatic carboxylic acids is 1. The lowest BCUT2D eigenvalue weighted by Crippen LogP contribution is -2.02. The van der Waals surface area contributed by atoms with Gasteiger partial charge in [-0.15, -0.1) is 0 Å². The molecular weight excluding hydrogens is 258 g/mol. The van der Waals surface area contributed by atoms with Crippen LogP contribution in [0.15, 0.2) is 42.9 Å². The molecule has 0 fully saturated rings. The predicted molar refractivity (Wildman–Crippen MR) is 72.4 cm³/mol. The second-order valence-corrected chi connectivity index (χ2v) is 4.15. The summed E-state index contributed by atoms with van der Waals surface area (Å²) in [7, 11) is 1.44. The summed E-state index contributed by atoms with van der Waals surface area (Å²) in [6.45, 7) is 0. The van der Waals surface area contributed by atoms with E-state index < -0.39 is 5.97 Å². The summed E-state index contributed by atoms with van der Waals surface area (Å²) in [5.41, 5.74) is 2.34. The number of fused-ring (bicyclic) bond motifs is 1. The zero-order chi connectivity index (χ0) is 14.1. The van der Waals surface area contributed by atoms with Gasteiger partial charge in [0.2, 0.25) is 0 Å². The van der Waals surface area contributed by atoms with E-state index in [9.17, 15) is 4.79 Å². The number of pyridine rings is 1. The Labute approximate surface area is 114 Å². The SMILES string of the molecule is COc1cc(-n2cnc3cccnc32)ccc1C(=O)O. The molecule has 1 N–H and O–H groups in total. The zero-order valence-corrected chi connectivity index (χ0v) is 10.6. The van der Waals surface area contributed by atoms with Gasteiger partial charge in [0.25, 0.3) is 0 Å². The molecule has 2 aromatic heterocycles. The number of hydrogen-bond donors (Lipinski definition) is 1. The fraction of sp³-hybridized carbons (Fsp3) is 0.0714. The van der Waals surface area contributed by atoms with E-state index in [0.29, 0.717) is 11.4 Å². The zero-order valence-electron chi connectivity index (χ0n) is 10.6. The molecule has 0 unspecified atom stereocenters. The van der Waals surface area contributed by atoms with Crippen molar-refractivity contribution in [1.29, 1.82) is 0 Å². The third kappa shape index (κ3) is 1.87. The van der Waals surface area contributed by atoms with E-state index in [-0.39, 0.29) is 5.56 Å². The predicted octanol–water partition coefficient (Wildman–Crippen LogP) is 2.13. The molecule has 0 aliphatic carbocycles. The highest BCUT2D eigenvalue weighted by molar-refractivity contribution is 5.91.